The molecule has 0 radical (unpaired) electrons. The molecule has 1 amide bonds. The van der Waals surface area contributed by atoms with E-state index in [0.29, 0.717) is 22.0 Å². The number of nitrogens with one attached hydrogen (secondary N) is 2. The van der Waals surface area contributed by atoms with Gasteiger partial charge in [0.2, 0.25) is 21.2 Å². The van der Waals surface area contributed by atoms with Crippen molar-refractivity contribution in [3.8, 4) is 11.4 Å². The van der Waals surface area contributed by atoms with Crippen LogP contribution in [-0.4, -0.2) is 34.7 Å². The number of aromatic nitrogens is 4. The first-order chi connectivity index (χ1) is 15.3. The number of hydrogen-bond donors (Lipinski definition) is 2. The third-order valence-corrected chi connectivity index (χ3v) is 7.09. The van der Waals surface area contributed by atoms with Crippen LogP contribution in [0.15, 0.2) is 57.4 Å². The third kappa shape index (κ3) is 4.99. The van der Waals surface area contributed by atoms with Gasteiger partial charge in [-0.2, -0.15) is 9.71 Å². The minimum atomic E-state index is -4.01. The van der Waals surface area contributed by atoms with Gasteiger partial charge in [0.05, 0.1) is 6.54 Å². The Balaban J connectivity index is 1.40. The predicted octanol–water partition coefficient (Wildman–Crippen LogP) is 3.28. The number of amides is 1. The Bertz CT molecular complexity index is 1370. The van der Waals surface area contributed by atoms with Crippen molar-refractivity contribution in [2.45, 2.75) is 17.8 Å². The molecule has 0 unspecified atom stereocenters. The average molecular weight is 491 g/mol. The second-order valence-corrected chi connectivity index (χ2v) is 9.84. The Morgan fingerprint density at radius 1 is 1.12 bits per heavy atom. The maximum absolute atomic E-state index is 12.5. The smallest absolute Gasteiger partial charge is 0.270 e. The van der Waals surface area contributed by atoms with Crippen LogP contribution in [0.5, 0.6) is 0 Å². The molecule has 0 bridgehead atoms. The fraction of sp³-hybridized carbons (Fsp3) is 0.105. The number of benzene rings is 2. The number of carbonyl (C=O) groups excluding carboxylic acids is 1. The molecule has 2 aromatic heterocycles. The van der Waals surface area contributed by atoms with E-state index in [-0.39, 0.29) is 21.9 Å². The Kier molecular flexibility index (Phi) is 6.28. The van der Waals surface area contributed by atoms with Crippen LogP contribution in [0, 0.1) is 6.92 Å². The van der Waals surface area contributed by atoms with Crippen molar-refractivity contribution in [2.24, 2.45) is 0 Å². The number of anilines is 1. The quantitative estimate of drug-likeness (QED) is 0.376. The minimum absolute atomic E-state index is 0.0569. The summed E-state index contributed by atoms with van der Waals surface area (Å²) in [4.78, 5) is 16.5. The molecule has 10 nitrogen and oxygen atoms in total. The maximum Gasteiger partial charge on any atom is 0.270 e. The average Bonchev–Trinajstić information content (AvgIpc) is 3.43. The van der Waals surface area contributed by atoms with E-state index < -0.39 is 15.9 Å². The van der Waals surface area contributed by atoms with Gasteiger partial charge in [-0.3, -0.25) is 10.1 Å². The van der Waals surface area contributed by atoms with E-state index >= 15 is 0 Å². The standard InChI is InChI=1S/C19H15ClN6O4S2/c1-11-4-2-3-5-14(11)17(27)23-18-24-25-19(31-18)32(28,29)21-10-15-22-16(26-30-15)12-6-8-13(20)9-7-12/h2-9,21H,10H2,1H3,(H,23,24,27). The molecular weight excluding hydrogens is 476 g/mol. The van der Waals surface area contributed by atoms with Crippen molar-refractivity contribution in [3.63, 3.8) is 0 Å². The maximum atomic E-state index is 12.5. The zero-order valence-corrected chi connectivity index (χ0v) is 18.8. The summed E-state index contributed by atoms with van der Waals surface area (Å²) in [6.45, 7) is 1.55. The van der Waals surface area contributed by atoms with Gasteiger partial charge in [-0.1, -0.05) is 46.3 Å². The van der Waals surface area contributed by atoms with Gasteiger partial charge in [-0.05, 0) is 42.8 Å². The normalized spacial score (nSPS) is 11.4. The van der Waals surface area contributed by atoms with E-state index in [1.54, 1.807) is 49.4 Å². The Morgan fingerprint density at radius 3 is 2.62 bits per heavy atom. The summed E-state index contributed by atoms with van der Waals surface area (Å²) >= 11 is 6.58. The number of hydrogen-bond acceptors (Lipinski definition) is 9. The molecule has 0 spiro atoms. The van der Waals surface area contributed by atoms with Crippen LogP contribution in [0.1, 0.15) is 21.8 Å². The highest BCUT2D eigenvalue weighted by molar-refractivity contribution is 7.91. The second kappa shape index (κ2) is 9.12. The number of rotatable bonds is 7. The monoisotopic (exact) mass is 490 g/mol. The zero-order chi connectivity index (χ0) is 22.7. The van der Waals surface area contributed by atoms with E-state index in [2.05, 4.69) is 30.4 Å². The fourth-order valence-electron chi connectivity index (χ4n) is 2.62. The van der Waals surface area contributed by atoms with Gasteiger partial charge >= 0.3 is 0 Å². The van der Waals surface area contributed by atoms with E-state index in [4.69, 9.17) is 16.1 Å². The molecule has 0 aliphatic heterocycles. The first-order valence-electron chi connectivity index (χ1n) is 9.10. The molecule has 0 fully saturated rings. The molecule has 0 aliphatic rings. The number of sulfonamides is 1. The van der Waals surface area contributed by atoms with Gasteiger partial charge in [0.15, 0.2) is 0 Å². The minimum Gasteiger partial charge on any atom is -0.338 e. The molecule has 0 atom stereocenters. The molecule has 2 N–H and O–H groups in total. The van der Waals surface area contributed by atoms with E-state index in [9.17, 15) is 13.2 Å². The van der Waals surface area contributed by atoms with Crippen molar-refractivity contribution >= 4 is 44.0 Å². The summed E-state index contributed by atoms with van der Waals surface area (Å²) in [5.74, 6) is -0.0409. The lowest BCUT2D eigenvalue weighted by molar-refractivity contribution is 0.102. The highest BCUT2D eigenvalue weighted by atomic mass is 35.5. The van der Waals surface area contributed by atoms with Crippen LogP contribution in [0.3, 0.4) is 0 Å². The fourth-order valence-corrected chi connectivity index (χ4v) is 4.66. The van der Waals surface area contributed by atoms with Crippen LogP contribution < -0.4 is 10.0 Å². The molecule has 13 heteroatoms. The first-order valence-corrected chi connectivity index (χ1v) is 11.8. The topological polar surface area (TPSA) is 140 Å². The van der Waals surface area contributed by atoms with Crippen molar-refractivity contribution in [2.75, 3.05) is 5.32 Å². The largest absolute Gasteiger partial charge is 0.338 e. The van der Waals surface area contributed by atoms with Crippen molar-refractivity contribution in [1.29, 1.82) is 0 Å². The first kappa shape index (κ1) is 22.0. The van der Waals surface area contributed by atoms with Gasteiger partial charge < -0.3 is 4.52 Å². The van der Waals surface area contributed by atoms with Gasteiger partial charge in [0, 0.05) is 16.1 Å². The van der Waals surface area contributed by atoms with E-state index in [0.717, 1.165) is 16.9 Å². The van der Waals surface area contributed by atoms with Crippen LogP contribution >= 0.6 is 22.9 Å². The molecule has 164 valence electrons. The van der Waals surface area contributed by atoms with Crippen LogP contribution in [0.4, 0.5) is 5.13 Å². The summed E-state index contributed by atoms with van der Waals surface area (Å²) in [5, 5.41) is 14.4. The Hall–Kier alpha value is -3.19. The van der Waals surface area contributed by atoms with Gasteiger partial charge in [0.1, 0.15) is 0 Å². The lowest BCUT2D eigenvalue weighted by Crippen LogP contribution is -2.23. The molecule has 0 saturated heterocycles. The molecule has 4 rings (SSSR count). The molecule has 32 heavy (non-hydrogen) atoms. The van der Waals surface area contributed by atoms with Gasteiger partial charge in [-0.15, -0.1) is 10.2 Å². The van der Waals surface area contributed by atoms with E-state index in [1.807, 2.05) is 6.07 Å². The number of carbonyl (C=O) groups is 1. The second-order valence-electron chi connectivity index (χ2n) is 6.49. The number of nitrogens with zero attached hydrogens (tertiary/aromatic N) is 4. The van der Waals surface area contributed by atoms with Crippen molar-refractivity contribution in [1.82, 2.24) is 25.1 Å². The molecule has 2 heterocycles. The van der Waals surface area contributed by atoms with Gasteiger partial charge in [0.25, 0.3) is 15.9 Å². The Labute approximate surface area is 191 Å². The summed E-state index contributed by atoms with van der Waals surface area (Å²) in [5.41, 5.74) is 1.91. The number of halogens is 1. The summed E-state index contributed by atoms with van der Waals surface area (Å²) in [7, 11) is -4.01. The van der Waals surface area contributed by atoms with Gasteiger partial charge in [-0.25, -0.2) is 8.42 Å². The molecule has 0 aliphatic carbocycles. The molecule has 4 aromatic rings. The Morgan fingerprint density at radius 2 is 1.88 bits per heavy atom. The highest BCUT2D eigenvalue weighted by Gasteiger charge is 2.22. The zero-order valence-electron chi connectivity index (χ0n) is 16.4. The summed E-state index contributed by atoms with van der Waals surface area (Å²) < 4.78 is 32.1. The van der Waals surface area contributed by atoms with Crippen molar-refractivity contribution in [3.05, 3.63) is 70.6 Å². The summed E-state index contributed by atoms with van der Waals surface area (Å²) in [6, 6.07) is 13.8. The predicted molar refractivity (Wildman–Crippen MR) is 118 cm³/mol. The van der Waals surface area contributed by atoms with Crippen LogP contribution in [0.2, 0.25) is 5.02 Å². The lowest BCUT2D eigenvalue weighted by Gasteiger charge is -2.04. The van der Waals surface area contributed by atoms with E-state index in [1.165, 1.54) is 0 Å². The lowest BCUT2D eigenvalue weighted by atomic mass is 10.1. The number of aryl methyl sites for hydroxylation is 1. The molecular formula is C19H15ClN6O4S2. The van der Waals surface area contributed by atoms with Crippen LogP contribution in [-0.2, 0) is 16.6 Å². The highest BCUT2D eigenvalue weighted by Crippen LogP contribution is 2.22. The third-order valence-electron chi connectivity index (χ3n) is 4.23. The summed E-state index contributed by atoms with van der Waals surface area (Å²) in [6.07, 6.45) is 0. The van der Waals surface area contributed by atoms with Crippen LogP contribution in [0.25, 0.3) is 11.4 Å². The molecule has 0 saturated carbocycles. The SMILES string of the molecule is Cc1ccccc1C(=O)Nc1nnc(S(=O)(=O)NCc2nc(-c3ccc(Cl)cc3)no2)s1. The molecule has 2 aromatic carbocycles. The van der Waals surface area contributed by atoms with Crippen molar-refractivity contribution < 1.29 is 17.7 Å².